The first-order valence-electron chi connectivity index (χ1n) is 8.06. The van der Waals surface area contributed by atoms with Crippen molar-refractivity contribution in [2.24, 2.45) is 0 Å². The number of hydrogen-bond acceptors (Lipinski definition) is 4. The van der Waals surface area contributed by atoms with Crippen molar-refractivity contribution < 1.29 is 9.90 Å². The lowest BCUT2D eigenvalue weighted by Crippen LogP contribution is -2.29. The third-order valence-corrected chi connectivity index (χ3v) is 4.35. The van der Waals surface area contributed by atoms with Crippen LogP contribution in [0.25, 0.3) is 11.3 Å². The van der Waals surface area contributed by atoms with E-state index in [9.17, 15) is 9.90 Å². The highest BCUT2D eigenvalue weighted by atomic mass is 16.4. The molecular weight excluding hydrogens is 292 g/mol. The van der Waals surface area contributed by atoms with E-state index in [0.29, 0.717) is 12.2 Å². The summed E-state index contributed by atoms with van der Waals surface area (Å²) in [5.74, 6) is -1.05. The predicted octanol–water partition coefficient (Wildman–Crippen LogP) is 2.84. The van der Waals surface area contributed by atoms with E-state index in [-0.39, 0.29) is 11.4 Å². The van der Waals surface area contributed by atoms with Gasteiger partial charge in [-0.25, -0.2) is 4.79 Å². The highest BCUT2D eigenvalue weighted by Gasteiger charge is 2.21. The monoisotopic (exact) mass is 314 g/mol. The quantitative estimate of drug-likeness (QED) is 0.906. The van der Waals surface area contributed by atoms with Gasteiger partial charge in [0.25, 0.3) is 0 Å². The molecule has 3 rings (SSSR count). The molecule has 6 heteroatoms. The van der Waals surface area contributed by atoms with Crippen molar-refractivity contribution >= 4 is 17.3 Å². The second kappa shape index (κ2) is 6.32. The summed E-state index contributed by atoms with van der Waals surface area (Å²) in [4.78, 5) is 13.7. The zero-order chi connectivity index (χ0) is 16.4. The van der Waals surface area contributed by atoms with Crippen LogP contribution in [0.5, 0.6) is 0 Å². The van der Waals surface area contributed by atoms with E-state index in [0.717, 1.165) is 18.7 Å². The molecule has 1 aromatic carbocycles. The summed E-state index contributed by atoms with van der Waals surface area (Å²) in [5, 5.41) is 13.7. The molecule has 0 aliphatic carbocycles. The topological polar surface area (TPSA) is 84.4 Å². The molecule has 0 unspecified atom stereocenters. The maximum Gasteiger partial charge on any atom is 0.356 e. The second-order valence-corrected chi connectivity index (χ2v) is 5.83. The molecule has 2 heterocycles. The first-order valence-corrected chi connectivity index (χ1v) is 8.06. The number of rotatable bonds is 4. The standard InChI is InChI=1S/C17H22N4O2/c1-2-21-16(17(22)23)14(18)15(19-21)12-6-8-13(9-7-12)20-10-4-3-5-11-20/h6-9H,2-5,10-11,18H2,1H3,(H,22,23). The summed E-state index contributed by atoms with van der Waals surface area (Å²) < 4.78 is 1.44. The third-order valence-electron chi connectivity index (χ3n) is 4.35. The molecule has 122 valence electrons. The van der Waals surface area contributed by atoms with E-state index in [2.05, 4.69) is 22.1 Å². The normalized spacial score (nSPS) is 14.9. The number of anilines is 2. The first-order chi connectivity index (χ1) is 11.1. The SMILES string of the molecule is CCn1nc(-c2ccc(N3CCCCC3)cc2)c(N)c1C(=O)O. The Hall–Kier alpha value is -2.50. The summed E-state index contributed by atoms with van der Waals surface area (Å²) >= 11 is 0. The highest BCUT2D eigenvalue weighted by molar-refractivity contribution is 5.96. The largest absolute Gasteiger partial charge is 0.476 e. The summed E-state index contributed by atoms with van der Waals surface area (Å²) in [6.45, 7) is 4.50. The average Bonchev–Trinajstić information content (AvgIpc) is 2.92. The number of piperidine rings is 1. The Bertz CT molecular complexity index is 700. The molecule has 0 saturated carbocycles. The maximum atomic E-state index is 11.4. The Balaban J connectivity index is 1.91. The van der Waals surface area contributed by atoms with Crippen LogP contribution in [0.2, 0.25) is 0 Å². The van der Waals surface area contributed by atoms with Gasteiger partial charge in [-0.05, 0) is 38.3 Å². The van der Waals surface area contributed by atoms with Gasteiger partial charge in [0.1, 0.15) is 5.69 Å². The number of carboxylic acid groups (broad SMARTS) is 1. The molecule has 6 nitrogen and oxygen atoms in total. The van der Waals surface area contributed by atoms with Crippen molar-refractivity contribution in [1.82, 2.24) is 9.78 Å². The number of nitrogen functional groups attached to an aromatic ring is 1. The molecule has 1 saturated heterocycles. The Morgan fingerprint density at radius 3 is 2.39 bits per heavy atom. The van der Waals surface area contributed by atoms with Crippen LogP contribution < -0.4 is 10.6 Å². The van der Waals surface area contributed by atoms with Crippen LogP contribution in [0.3, 0.4) is 0 Å². The molecule has 0 spiro atoms. The number of nitrogens with two attached hydrogens (primary N) is 1. The lowest BCUT2D eigenvalue weighted by atomic mass is 10.1. The molecule has 3 N–H and O–H groups in total. The molecule has 1 aliphatic heterocycles. The molecule has 0 radical (unpaired) electrons. The van der Waals surface area contributed by atoms with Crippen molar-refractivity contribution in [2.75, 3.05) is 23.7 Å². The van der Waals surface area contributed by atoms with E-state index in [1.165, 1.54) is 29.6 Å². The lowest BCUT2D eigenvalue weighted by Gasteiger charge is -2.28. The van der Waals surface area contributed by atoms with E-state index in [1.807, 2.05) is 19.1 Å². The Kier molecular flexibility index (Phi) is 4.23. The summed E-state index contributed by atoms with van der Waals surface area (Å²) in [6, 6.07) is 8.06. The van der Waals surface area contributed by atoms with Crippen molar-refractivity contribution in [3.05, 3.63) is 30.0 Å². The van der Waals surface area contributed by atoms with Crippen molar-refractivity contribution in [1.29, 1.82) is 0 Å². The number of aromatic nitrogens is 2. The number of benzene rings is 1. The van der Waals surface area contributed by atoms with Gasteiger partial charge < -0.3 is 15.7 Å². The van der Waals surface area contributed by atoms with Crippen LogP contribution in [0.4, 0.5) is 11.4 Å². The molecule has 2 aromatic rings. The molecule has 0 bridgehead atoms. The van der Waals surface area contributed by atoms with Gasteiger partial charge in [0.2, 0.25) is 0 Å². The minimum absolute atomic E-state index is 0.0580. The number of carboxylic acids is 1. The van der Waals surface area contributed by atoms with Gasteiger partial charge in [-0.1, -0.05) is 12.1 Å². The fraction of sp³-hybridized carbons (Fsp3) is 0.412. The van der Waals surface area contributed by atoms with Crippen LogP contribution in [0, 0.1) is 0 Å². The minimum atomic E-state index is -1.05. The van der Waals surface area contributed by atoms with Gasteiger partial charge in [-0.15, -0.1) is 0 Å². The predicted molar refractivity (Wildman–Crippen MR) is 90.8 cm³/mol. The van der Waals surface area contributed by atoms with Gasteiger partial charge in [0.05, 0.1) is 5.69 Å². The smallest absolute Gasteiger partial charge is 0.356 e. The zero-order valence-corrected chi connectivity index (χ0v) is 13.3. The van der Waals surface area contributed by atoms with Gasteiger partial charge in [-0.3, -0.25) is 4.68 Å². The number of carbonyl (C=O) groups is 1. The fourth-order valence-electron chi connectivity index (χ4n) is 3.13. The molecule has 1 aliphatic rings. The van der Waals surface area contributed by atoms with Crippen LogP contribution in [0.1, 0.15) is 36.7 Å². The average molecular weight is 314 g/mol. The summed E-state index contributed by atoms with van der Waals surface area (Å²) in [6.07, 6.45) is 3.77. The molecule has 1 fully saturated rings. The molecule has 0 atom stereocenters. The molecular formula is C17H22N4O2. The van der Waals surface area contributed by atoms with E-state index in [4.69, 9.17) is 5.73 Å². The van der Waals surface area contributed by atoms with Gasteiger partial charge in [0.15, 0.2) is 5.69 Å². The number of aromatic carboxylic acids is 1. The highest BCUT2D eigenvalue weighted by Crippen LogP contribution is 2.30. The summed E-state index contributed by atoms with van der Waals surface area (Å²) in [5.41, 5.74) is 8.88. The van der Waals surface area contributed by atoms with Crippen molar-refractivity contribution in [3.8, 4) is 11.3 Å². The van der Waals surface area contributed by atoms with E-state index >= 15 is 0 Å². The Morgan fingerprint density at radius 2 is 1.87 bits per heavy atom. The van der Waals surface area contributed by atoms with Gasteiger partial charge in [-0.2, -0.15) is 5.10 Å². The van der Waals surface area contributed by atoms with Crippen LogP contribution >= 0.6 is 0 Å². The van der Waals surface area contributed by atoms with Gasteiger partial charge in [0, 0.05) is 30.9 Å². The second-order valence-electron chi connectivity index (χ2n) is 5.83. The number of aryl methyl sites for hydroxylation is 1. The van der Waals surface area contributed by atoms with Crippen molar-refractivity contribution in [2.45, 2.75) is 32.7 Å². The number of hydrogen-bond donors (Lipinski definition) is 2. The van der Waals surface area contributed by atoms with Crippen LogP contribution in [-0.4, -0.2) is 33.9 Å². The molecule has 23 heavy (non-hydrogen) atoms. The summed E-state index contributed by atoms with van der Waals surface area (Å²) in [7, 11) is 0. The first kappa shape index (κ1) is 15.4. The van der Waals surface area contributed by atoms with E-state index < -0.39 is 5.97 Å². The third kappa shape index (κ3) is 2.88. The number of nitrogens with zero attached hydrogens (tertiary/aromatic N) is 3. The fourth-order valence-corrected chi connectivity index (χ4v) is 3.13. The van der Waals surface area contributed by atoms with Crippen molar-refractivity contribution in [3.63, 3.8) is 0 Å². The Labute approximate surface area is 135 Å². The zero-order valence-electron chi connectivity index (χ0n) is 13.3. The lowest BCUT2D eigenvalue weighted by molar-refractivity contribution is 0.0684. The maximum absolute atomic E-state index is 11.4. The van der Waals surface area contributed by atoms with E-state index in [1.54, 1.807) is 0 Å². The molecule has 0 amide bonds. The minimum Gasteiger partial charge on any atom is -0.476 e. The molecule has 1 aromatic heterocycles. The van der Waals surface area contributed by atoms with Crippen LogP contribution in [-0.2, 0) is 6.54 Å². The Morgan fingerprint density at radius 1 is 1.22 bits per heavy atom. The van der Waals surface area contributed by atoms with Crippen LogP contribution in [0.15, 0.2) is 24.3 Å². The van der Waals surface area contributed by atoms with Gasteiger partial charge >= 0.3 is 5.97 Å².